The number of carbonyl (C=O) groups is 1. The van der Waals surface area contributed by atoms with Gasteiger partial charge in [0.25, 0.3) is 0 Å². The van der Waals surface area contributed by atoms with Crippen LogP contribution in [0.25, 0.3) is 0 Å². The fraction of sp³-hybridized carbons (Fsp3) is 0.900. The third-order valence-corrected chi connectivity index (χ3v) is 2.19. The van der Waals surface area contributed by atoms with Gasteiger partial charge in [0.05, 0.1) is 12.7 Å². The summed E-state index contributed by atoms with van der Waals surface area (Å²) in [5.74, 6) is -0.440. The van der Waals surface area contributed by atoms with Crippen molar-refractivity contribution in [2.45, 2.75) is 51.4 Å². The molecule has 1 aliphatic rings. The number of aldehydes is 1. The Balaban J connectivity index is 2.22. The molecule has 3 nitrogen and oxygen atoms in total. The number of carbonyl (C=O) groups excluding carboxylic acids is 1. The highest BCUT2D eigenvalue weighted by Crippen LogP contribution is 2.24. The molecule has 0 N–H and O–H groups in total. The molecule has 0 aromatic rings. The van der Waals surface area contributed by atoms with Gasteiger partial charge in [0.2, 0.25) is 0 Å². The highest BCUT2D eigenvalue weighted by Gasteiger charge is 2.28. The van der Waals surface area contributed by atoms with Crippen LogP contribution in [0.4, 0.5) is 0 Å². The van der Waals surface area contributed by atoms with E-state index in [1.807, 2.05) is 13.8 Å². The zero-order valence-electron chi connectivity index (χ0n) is 8.41. The fourth-order valence-electron chi connectivity index (χ4n) is 1.56. The molecule has 1 rings (SSSR count). The number of rotatable bonds is 4. The average molecular weight is 186 g/mol. The van der Waals surface area contributed by atoms with Gasteiger partial charge in [-0.1, -0.05) is 0 Å². The van der Waals surface area contributed by atoms with Crippen molar-refractivity contribution in [1.82, 2.24) is 0 Å². The molecule has 0 amide bonds. The first kappa shape index (κ1) is 10.7. The molecule has 76 valence electrons. The Hall–Kier alpha value is -0.410. The van der Waals surface area contributed by atoms with Crippen LogP contribution in [-0.2, 0) is 14.3 Å². The summed E-state index contributed by atoms with van der Waals surface area (Å²) in [6.45, 7) is 4.62. The minimum atomic E-state index is -0.440. The van der Waals surface area contributed by atoms with Gasteiger partial charge in [0.1, 0.15) is 6.29 Å². The topological polar surface area (TPSA) is 35.5 Å². The Morgan fingerprint density at radius 3 is 2.92 bits per heavy atom. The first-order valence-electron chi connectivity index (χ1n) is 4.89. The van der Waals surface area contributed by atoms with Gasteiger partial charge in [-0.25, -0.2) is 0 Å². The fourth-order valence-corrected chi connectivity index (χ4v) is 1.56. The van der Waals surface area contributed by atoms with Gasteiger partial charge in [0, 0.05) is 6.42 Å². The van der Waals surface area contributed by atoms with E-state index in [1.54, 1.807) is 0 Å². The van der Waals surface area contributed by atoms with E-state index in [-0.39, 0.29) is 6.10 Å². The van der Waals surface area contributed by atoms with E-state index in [1.165, 1.54) is 0 Å². The van der Waals surface area contributed by atoms with E-state index in [0.717, 1.165) is 32.2 Å². The highest BCUT2D eigenvalue weighted by molar-refractivity contribution is 5.48. The number of ether oxygens (including phenoxy) is 2. The van der Waals surface area contributed by atoms with Crippen LogP contribution in [0.5, 0.6) is 0 Å². The molecule has 1 fully saturated rings. The molecule has 1 saturated heterocycles. The Morgan fingerprint density at radius 1 is 1.54 bits per heavy atom. The normalized spacial score (nSPS) is 27.1. The van der Waals surface area contributed by atoms with Crippen molar-refractivity contribution in [3.63, 3.8) is 0 Å². The molecule has 1 atom stereocenters. The predicted molar refractivity (Wildman–Crippen MR) is 49.4 cm³/mol. The van der Waals surface area contributed by atoms with Gasteiger partial charge in [-0.05, 0) is 33.1 Å². The summed E-state index contributed by atoms with van der Waals surface area (Å²) in [7, 11) is 0. The van der Waals surface area contributed by atoms with Gasteiger partial charge in [0.15, 0.2) is 5.79 Å². The second-order valence-corrected chi connectivity index (χ2v) is 3.87. The Morgan fingerprint density at radius 2 is 2.31 bits per heavy atom. The van der Waals surface area contributed by atoms with E-state index in [0.29, 0.717) is 6.42 Å². The van der Waals surface area contributed by atoms with Crippen LogP contribution in [0, 0.1) is 0 Å². The monoisotopic (exact) mass is 186 g/mol. The van der Waals surface area contributed by atoms with E-state index in [9.17, 15) is 4.79 Å². The van der Waals surface area contributed by atoms with Gasteiger partial charge in [-0.2, -0.15) is 0 Å². The lowest BCUT2D eigenvalue weighted by Gasteiger charge is -2.36. The summed E-state index contributed by atoms with van der Waals surface area (Å²) in [6.07, 6.45) is 4.70. The second-order valence-electron chi connectivity index (χ2n) is 3.87. The molecule has 3 heteroatoms. The van der Waals surface area contributed by atoms with Crippen LogP contribution in [0.3, 0.4) is 0 Å². The van der Waals surface area contributed by atoms with Crippen LogP contribution in [0.2, 0.25) is 0 Å². The molecule has 0 aromatic heterocycles. The molecular weight excluding hydrogens is 168 g/mol. The third kappa shape index (κ3) is 3.87. The van der Waals surface area contributed by atoms with E-state index in [4.69, 9.17) is 9.47 Å². The first-order chi connectivity index (χ1) is 6.14. The highest BCUT2D eigenvalue weighted by atomic mass is 16.7. The molecule has 13 heavy (non-hydrogen) atoms. The standard InChI is InChI=1S/C10H18O3/c1-10(2)12-8-6-9(13-10)5-3-4-7-11/h7,9H,3-6,8H2,1-2H3/t9-/m1/s1. The molecule has 0 saturated carbocycles. The average Bonchev–Trinajstić information content (AvgIpc) is 2.03. The van der Waals surface area contributed by atoms with Crippen molar-refractivity contribution in [3.8, 4) is 0 Å². The summed E-state index contributed by atoms with van der Waals surface area (Å²) in [4.78, 5) is 10.1. The van der Waals surface area contributed by atoms with Crippen LogP contribution in [0.15, 0.2) is 0 Å². The molecule has 0 spiro atoms. The molecule has 1 heterocycles. The molecule has 0 bridgehead atoms. The van der Waals surface area contributed by atoms with Gasteiger partial charge in [-0.15, -0.1) is 0 Å². The maximum absolute atomic E-state index is 10.1. The molecular formula is C10H18O3. The Bertz CT molecular complexity index is 166. The zero-order valence-corrected chi connectivity index (χ0v) is 8.41. The zero-order chi connectivity index (χ0) is 9.73. The van der Waals surface area contributed by atoms with Crippen LogP contribution in [-0.4, -0.2) is 24.8 Å². The molecule has 0 unspecified atom stereocenters. The lowest BCUT2D eigenvalue weighted by atomic mass is 10.1. The van der Waals surface area contributed by atoms with Crippen LogP contribution >= 0.6 is 0 Å². The number of hydrogen-bond donors (Lipinski definition) is 0. The second kappa shape index (κ2) is 4.72. The summed E-state index contributed by atoms with van der Waals surface area (Å²) >= 11 is 0. The summed E-state index contributed by atoms with van der Waals surface area (Å²) in [6, 6.07) is 0. The van der Waals surface area contributed by atoms with E-state index in [2.05, 4.69) is 0 Å². The summed E-state index contributed by atoms with van der Waals surface area (Å²) in [5, 5.41) is 0. The summed E-state index contributed by atoms with van der Waals surface area (Å²) in [5.41, 5.74) is 0. The minimum Gasteiger partial charge on any atom is -0.350 e. The van der Waals surface area contributed by atoms with Crippen molar-refractivity contribution in [2.24, 2.45) is 0 Å². The molecule has 0 aliphatic carbocycles. The quantitative estimate of drug-likeness (QED) is 0.497. The van der Waals surface area contributed by atoms with E-state index >= 15 is 0 Å². The first-order valence-corrected chi connectivity index (χ1v) is 4.89. The molecule has 0 aromatic carbocycles. The number of hydrogen-bond acceptors (Lipinski definition) is 3. The lowest BCUT2D eigenvalue weighted by Crippen LogP contribution is -2.39. The molecule has 1 aliphatic heterocycles. The van der Waals surface area contributed by atoms with Gasteiger partial charge in [-0.3, -0.25) is 0 Å². The van der Waals surface area contributed by atoms with Crippen molar-refractivity contribution in [3.05, 3.63) is 0 Å². The third-order valence-electron chi connectivity index (χ3n) is 2.19. The number of unbranched alkanes of at least 4 members (excludes halogenated alkanes) is 1. The van der Waals surface area contributed by atoms with Gasteiger partial charge >= 0.3 is 0 Å². The maximum Gasteiger partial charge on any atom is 0.163 e. The Kier molecular flexibility index (Phi) is 3.88. The maximum atomic E-state index is 10.1. The van der Waals surface area contributed by atoms with Crippen molar-refractivity contribution >= 4 is 6.29 Å². The van der Waals surface area contributed by atoms with E-state index < -0.39 is 5.79 Å². The smallest absolute Gasteiger partial charge is 0.163 e. The Labute approximate surface area is 79.4 Å². The summed E-state index contributed by atoms with van der Waals surface area (Å²) < 4.78 is 11.1. The van der Waals surface area contributed by atoms with Crippen LogP contribution in [0.1, 0.15) is 39.5 Å². The van der Waals surface area contributed by atoms with Crippen molar-refractivity contribution < 1.29 is 14.3 Å². The lowest BCUT2D eigenvalue weighted by molar-refractivity contribution is -0.274. The predicted octanol–water partition coefficient (Wildman–Crippen LogP) is 1.90. The van der Waals surface area contributed by atoms with Crippen molar-refractivity contribution in [2.75, 3.05) is 6.61 Å². The SMILES string of the molecule is CC1(C)OCC[C@@H](CCCC=O)O1. The van der Waals surface area contributed by atoms with Crippen LogP contribution < -0.4 is 0 Å². The van der Waals surface area contributed by atoms with Crippen molar-refractivity contribution in [1.29, 1.82) is 0 Å². The largest absolute Gasteiger partial charge is 0.350 e. The molecule has 0 radical (unpaired) electrons. The minimum absolute atomic E-state index is 0.267. The van der Waals surface area contributed by atoms with Gasteiger partial charge < -0.3 is 14.3 Å².